The summed E-state index contributed by atoms with van der Waals surface area (Å²) < 4.78 is 0. The summed E-state index contributed by atoms with van der Waals surface area (Å²) in [6.45, 7) is 2.41. The largest absolute Gasteiger partial charge is 0.392 e. The van der Waals surface area contributed by atoms with Gasteiger partial charge in [0.2, 0.25) is 5.95 Å². The maximum absolute atomic E-state index is 12.4. The number of fused-ring (bicyclic) bond motifs is 1. The number of hydrogen-bond acceptors (Lipinski definition) is 8. The molecule has 0 bridgehead atoms. The zero-order valence-electron chi connectivity index (χ0n) is 16.1. The summed E-state index contributed by atoms with van der Waals surface area (Å²) in [5, 5.41) is 19.2. The molecule has 29 heavy (non-hydrogen) atoms. The van der Waals surface area contributed by atoms with E-state index in [2.05, 4.69) is 30.4 Å². The van der Waals surface area contributed by atoms with Crippen LogP contribution in [0.1, 0.15) is 24.8 Å². The molecule has 5 N–H and O–H groups in total. The molecule has 0 radical (unpaired) electrons. The van der Waals surface area contributed by atoms with Gasteiger partial charge in [0.05, 0.1) is 12.8 Å². The quantitative estimate of drug-likeness (QED) is 0.494. The highest BCUT2D eigenvalue weighted by atomic mass is 16.3. The first-order valence-electron chi connectivity index (χ1n) is 9.85. The monoisotopic (exact) mass is 395 g/mol. The molecule has 0 atom stereocenters. The zero-order valence-corrected chi connectivity index (χ0v) is 16.1. The fourth-order valence-electron chi connectivity index (χ4n) is 3.71. The van der Waals surface area contributed by atoms with Crippen molar-refractivity contribution in [2.45, 2.75) is 25.9 Å². The maximum Gasteiger partial charge on any atom is 0.277 e. The van der Waals surface area contributed by atoms with Gasteiger partial charge in [-0.15, -0.1) is 0 Å². The molecule has 9 heteroatoms. The van der Waals surface area contributed by atoms with Crippen LogP contribution in [-0.2, 0) is 6.61 Å². The Morgan fingerprint density at radius 3 is 2.66 bits per heavy atom. The molecular formula is C20H25N7O2. The molecule has 9 nitrogen and oxygen atoms in total. The summed E-state index contributed by atoms with van der Waals surface area (Å²) in [7, 11) is 0. The normalized spacial score (nSPS) is 15.0. The SMILES string of the molecule is NCCC1CCN(c2nc(Nc3ccc(CO)cc3)c3c(=O)[nH]ncc3n2)CC1. The van der Waals surface area contributed by atoms with Crippen molar-refractivity contribution >= 4 is 28.4 Å². The summed E-state index contributed by atoms with van der Waals surface area (Å²) in [6.07, 6.45) is 4.70. The topological polar surface area (TPSA) is 133 Å². The molecule has 1 fully saturated rings. The Balaban J connectivity index is 1.67. The second kappa shape index (κ2) is 8.54. The van der Waals surface area contributed by atoms with Crippen LogP contribution in [0, 0.1) is 5.92 Å². The van der Waals surface area contributed by atoms with E-state index in [4.69, 9.17) is 5.73 Å². The van der Waals surface area contributed by atoms with E-state index >= 15 is 0 Å². The first-order chi connectivity index (χ1) is 14.2. The second-order valence-electron chi connectivity index (χ2n) is 7.32. The van der Waals surface area contributed by atoms with Gasteiger partial charge in [-0.05, 0) is 49.4 Å². The highest BCUT2D eigenvalue weighted by Crippen LogP contribution is 2.27. The number of anilines is 3. The third kappa shape index (κ3) is 4.20. The number of H-pyrrole nitrogens is 1. The first kappa shape index (κ1) is 19.3. The predicted octanol–water partition coefficient (Wildman–Crippen LogP) is 1.51. The standard InChI is InChI=1S/C20H25N7O2/c21-8-5-13-6-9-27(10-7-13)20-24-16-11-22-26-19(29)17(16)18(25-20)23-15-3-1-14(12-28)2-4-15/h1-4,11,13,28H,5-10,12,21H2,(H,26,29)(H,23,24,25). The lowest BCUT2D eigenvalue weighted by molar-refractivity contribution is 0.282. The number of nitrogens with one attached hydrogen (secondary N) is 2. The number of nitrogens with two attached hydrogens (primary N) is 1. The molecule has 1 aliphatic rings. The molecule has 0 amide bonds. The molecule has 4 rings (SSSR count). The van der Waals surface area contributed by atoms with Crippen LogP contribution >= 0.6 is 0 Å². The van der Waals surface area contributed by atoms with E-state index in [-0.39, 0.29) is 12.2 Å². The first-order valence-corrected chi connectivity index (χ1v) is 9.85. The van der Waals surface area contributed by atoms with Crippen molar-refractivity contribution in [1.29, 1.82) is 0 Å². The lowest BCUT2D eigenvalue weighted by atomic mass is 9.94. The minimum atomic E-state index is -0.342. The fourth-order valence-corrected chi connectivity index (χ4v) is 3.71. The molecule has 1 aromatic carbocycles. The molecule has 2 aromatic heterocycles. The average Bonchev–Trinajstić information content (AvgIpc) is 2.75. The van der Waals surface area contributed by atoms with Crippen LogP contribution in [0.2, 0.25) is 0 Å². The van der Waals surface area contributed by atoms with Gasteiger partial charge in [-0.3, -0.25) is 4.79 Å². The van der Waals surface area contributed by atoms with E-state index in [1.54, 1.807) is 6.20 Å². The third-order valence-electron chi connectivity index (χ3n) is 5.38. The van der Waals surface area contributed by atoms with Crippen LogP contribution in [0.25, 0.3) is 10.9 Å². The Labute approximate surface area is 168 Å². The van der Waals surface area contributed by atoms with Gasteiger partial charge in [0.1, 0.15) is 16.7 Å². The minimum absolute atomic E-state index is 0.0215. The minimum Gasteiger partial charge on any atom is -0.392 e. The van der Waals surface area contributed by atoms with E-state index in [1.807, 2.05) is 24.3 Å². The van der Waals surface area contributed by atoms with Gasteiger partial charge < -0.3 is 21.1 Å². The Morgan fingerprint density at radius 2 is 1.97 bits per heavy atom. The molecule has 152 valence electrons. The van der Waals surface area contributed by atoms with E-state index in [0.717, 1.165) is 43.6 Å². The summed E-state index contributed by atoms with van der Waals surface area (Å²) >= 11 is 0. The van der Waals surface area contributed by atoms with Crippen LogP contribution in [0.15, 0.2) is 35.3 Å². The highest BCUT2D eigenvalue weighted by Gasteiger charge is 2.22. The number of benzene rings is 1. The Hall–Kier alpha value is -3.04. The van der Waals surface area contributed by atoms with E-state index in [9.17, 15) is 9.90 Å². The van der Waals surface area contributed by atoms with Crippen molar-refractivity contribution in [3.8, 4) is 0 Å². The van der Waals surface area contributed by atoms with Gasteiger partial charge in [-0.1, -0.05) is 12.1 Å². The van der Waals surface area contributed by atoms with Gasteiger partial charge in [0.15, 0.2) is 0 Å². The molecule has 0 aliphatic carbocycles. The summed E-state index contributed by atoms with van der Waals surface area (Å²) in [6, 6.07) is 7.32. The predicted molar refractivity (Wildman–Crippen MR) is 112 cm³/mol. The highest BCUT2D eigenvalue weighted by molar-refractivity contribution is 5.90. The van der Waals surface area contributed by atoms with Crippen molar-refractivity contribution in [2.75, 3.05) is 29.9 Å². The Bertz CT molecular complexity index is 1030. The number of aromatic amines is 1. The van der Waals surface area contributed by atoms with Crippen LogP contribution in [0.5, 0.6) is 0 Å². The summed E-state index contributed by atoms with van der Waals surface area (Å²) in [5.41, 5.74) is 7.43. The summed E-state index contributed by atoms with van der Waals surface area (Å²) in [4.78, 5) is 23.8. The third-order valence-corrected chi connectivity index (χ3v) is 5.38. The fraction of sp³-hybridized carbons (Fsp3) is 0.400. The lowest BCUT2D eigenvalue weighted by Gasteiger charge is -2.32. The smallest absolute Gasteiger partial charge is 0.277 e. The second-order valence-corrected chi connectivity index (χ2v) is 7.32. The molecule has 0 spiro atoms. The van der Waals surface area contributed by atoms with E-state index in [0.29, 0.717) is 35.1 Å². The molecular weight excluding hydrogens is 370 g/mol. The molecule has 0 unspecified atom stereocenters. The van der Waals surface area contributed by atoms with Crippen LogP contribution < -0.4 is 21.5 Å². The van der Waals surface area contributed by atoms with Crippen LogP contribution in [0.4, 0.5) is 17.5 Å². The van der Waals surface area contributed by atoms with Crippen molar-refractivity contribution in [3.05, 3.63) is 46.4 Å². The van der Waals surface area contributed by atoms with Crippen LogP contribution in [-0.4, -0.2) is 44.9 Å². The number of aliphatic hydroxyl groups is 1. The van der Waals surface area contributed by atoms with Crippen molar-refractivity contribution < 1.29 is 5.11 Å². The van der Waals surface area contributed by atoms with Crippen molar-refractivity contribution in [3.63, 3.8) is 0 Å². The zero-order chi connectivity index (χ0) is 20.2. The van der Waals surface area contributed by atoms with E-state index < -0.39 is 0 Å². The number of aromatic nitrogens is 4. The van der Waals surface area contributed by atoms with Gasteiger partial charge in [-0.2, -0.15) is 10.1 Å². The Morgan fingerprint density at radius 1 is 1.21 bits per heavy atom. The lowest BCUT2D eigenvalue weighted by Crippen LogP contribution is -2.35. The van der Waals surface area contributed by atoms with Gasteiger partial charge in [-0.25, -0.2) is 10.1 Å². The maximum atomic E-state index is 12.4. The van der Waals surface area contributed by atoms with Crippen molar-refractivity contribution in [2.24, 2.45) is 11.7 Å². The molecule has 3 heterocycles. The summed E-state index contributed by atoms with van der Waals surface area (Å²) in [5.74, 6) is 1.67. The number of aliphatic hydroxyl groups excluding tert-OH is 1. The number of rotatable bonds is 6. The number of hydrogen-bond donors (Lipinski definition) is 4. The van der Waals surface area contributed by atoms with E-state index in [1.165, 1.54) is 0 Å². The molecule has 3 aromatic rings. The van der Waals surface area contributed by atoms with Crippen LogP contribution in [0.3, 0.4) is 0 Å². The van der Waals surface area contributed by atoms with Crippen molar-refractivity contribution in [1.82, 2.24) is 20.2 Å². The van der Waals surface area contributed by atoms with Gasteiger partial charge in [0.25, 0.3) is 5.56 Å². The van der Waals surface area contributed by atoms with Gasteiger partial charge >= 0.3 is 0 Å². The molecule has 0 saturated carbocycles. The Kier molecular flexibility index (Phi) is 5.68. The number of piperidine rings is 1. The van der Waals surface area contributed by atoms with Gasteiger partial charge in [0, 0.05) is 18.8 Å². The number of nitrogens with zero attached hydrogens (tertiary/aromatic N) is 4. The average molecular weight is 395 g/mol. The molecule has 1 saturated heterocycles. The molecule has 1 aliphatic heterocycles.